The smallest absolute Gasteiger partial charge is 0.222 e. The zero-order chi connectivity index (χ0) is 12.1. The van der Waals surface area contributed by atoms with E-state index in [1.807, 2.05) is 29.2 Å². The molecule has 0 unspecified atom stereocenters. The molecule has 0 bridgehead atoms. The molecule has 1 heterocycles. The Balaban J connectivity index is 1.79. The van der Waals surface area contributed by atoms with Gasteiger partial charge in [0.05, 0.1) is 6.54 Å². The second-order valence-electron chi connectivity index (χ2n) is 4.18. The predicted octanol–water partition coefficient (Wildman–Crippen LogP) is 1.15. The largest absolute Gasteiger partial charge is 0.492 e. The highest BCUT2D eigenvalue weighted by atomic mass is 16.5. The van der Waals surface area contributed by atoms with Crippen LogP contribution in [0.2, 0.25) is 0 Å². The number of hydrogen-bond donors (Lipinski definition) is 1. The number of benzene rings is 1. The van der Waals surface area contributed by atoms with E-state index in [2.05, 4.69) is 0 Å². The van der Waals surface area contributed by atoms with Crippen molar-refractivity contribution >= 4 is 5.91 Å². The molecule has 1 amide bonds. The van der Waals surface area contributed by atoms with E-state index in [0.29, 0.717) is 26.1 Å². The zero-order valence-electron chi connectivity index (χ0n) is 9.89. The Hall–Kier alpha value is -1.55. The maximum absolute atomic E-state index is 11.4. The standard InChI is InChI=1S/C13H18N2O2/c14-10-11-3-1-4-12(9-11)17-8-7-15-6-2-5-13(15)16/h1,3-4,9H,2,5-8,10,14H2. The molecule has 92 valence electrons. The van der Waals surface area contributed by atoms with E-state index >= 15 is 0 Å². The lowest BCUT2D eigenvalue weighted by atomic mass is 10.2. The Morgan fingerprint density at radius 3 is 3.00 bits per heavy atom. The molecule has 0 atom stereocenters. The van der Waals surface area contributed by atoms with E-state index in [1.165, 1.54) is 0 Å². The van der Waals surface area contributed by atoms with Gasteiger partial charge in [0, 0.05) is 19.5 Å². The van der Waals surface area contributed by atoms with Crippen LogP contribution in [-0.2, 0) is 11.3 Å². The lowest BCUT2D eigenvalue weighted by molar-refractivity contribution is -0.128. The summed E-state index contributed by atoms with van der Waals surface area (Å²) < 4.78 is 5.61. The van der Waals surface area contributed by atoms with Crippen LogP contribution in [0.15, 0.2) is 24.3 Å². The minimum Gasteiger partial charge on any atom is -0.492 e. The van der Waals surface area contributed by atoms with Gasteiger partial charge in [-0.05, 0) is 24.1 Å². The van der Waals surface area contributed by atoms with Gasteiger partial charge in [-0.15, -0.1) is 0 Å². The van der Waals surface area contributed by atoms with Gasteiger partial charge in [0.25, 0.3) is 0 Å². The first-order valence-corrected chi connectivity index (χ1v) is 5.99. The summed E-state index contributed by atoms with van der Waals surface area (Å²) >= 11 is 0. The number of rotatable bonds is 5. The highest BCUT2D eigenvalue weighted by Crippen LogP contribution is 2.13. The number of likely N-dealkylation sites (tertiary alicyclic amines) is 1. The van der Waals surface area contributed by atoms with Crippen molar-refractivity contribution in [3.8, 4) is 5.75 Å². The van der Waals surface area contributed by atoms with E-state index < -0.39 is 0 Å². The summed E-state index contributed by atoms with van der Waals surface area (Å²) in [5.41, 5.74) is 6.61. The van der Waals surface area contributed by atoms with Crippen molar-refractivity contribution < 1.29 is 9.53 Å². The molecule has 1 aliphatic rings. The Morgan fingerprint density at radius 1 is 1.41 bits per heavy atom. The zero-order valence-corrected chi connectivity index (χ0v) is 9.89. The second kappa shape index (κ2) is 5.68. The van der Waals surface area contributed by atoms with Crippen LogP contribution in [0.3, 0.4) is 0 Å². The maximum atomic E-state index is 11.4. The topological polar surface area (TPSA) is 55.6 Å². The fourth-order valence-corrected chi connectivity index (χ4v) is 1.98. The maximum Gasteiger partial charge on any atom is 0.222 e. The summed E-state index contributed by atoms with van der Waals surface area (Å²) in [6, 6.07) is 7.74. The molecule has 1 aromatic carbocycles. The van der Waals surface area contributed by atoms with Gasteiger partial charge in [-0.2, -0.15) is 0 Å². The molecule has 0 aliphatic carbocycles. The molecule has 2 N–H and O–H groups in total. The lowest BCUT2D eigenvalue weighted by Gasteiger charge is -2.15. The minimum absolute atomic E-state index is 0.240. The first-order valence-electron chi connectivity index (χ1n) is 5.99. The van der Waals surface area contributed by atoms with Crippen LogP contribution in [0.1, 0.15) is 18.4 Å². The quantitative estimate of drug-likeness (QED) is 0.831. The van der Waals surface area contributed by atoms with Crippen molar-refractivity contribution in [2.24, 2.45) is 5.73 Å². The summed E-state index contributed by atoms with van der Waals surface area (Å²) in [7, 11) is 0. The van der Waals surface area contributed by atoms with Gasteiger partial charge >= 0.3 is 0 Å². The van der Waals surface area contributed by atoms with Crippen molar-refractivity contribution in [2.75, 3.05) is 19.7 Å². The molecule has 4 nitrogen and oxygen atoms in total. The summed E-state index contributed by atoms with van der Waals surface area (Å²) in [6.45, 7) is 2.60. The first-order chi connectivity index (χ1) is 8.29. The van der Waals surface area contributed by atoms with Crippen LogP contribution in [0.25, 0.3) is 0 Å². The Morgan fingerprint density at radius 2 is 2.29 bits per heavy atom. The van der Waals surface area contributed by atoms with Gasteiger partial charge in [0.2, 0.25) is 5.91 Å². The van der Waals surface area contributed by atoms with E-state index in [0.717, 1.165) is 24.3 Å². The molecule has 0 radical (unpaired) electrons. The Kier molecular flexibility index (Phi) is 3.98. The third kappa shape index (κ3) is 3.20. The van der Waals surface area contributed by atoms with Crippen LogP contribution in [0, 0.1) is 0 Å². The molecule has 0 saturated carbocycles. The number of nitrogens with zero attached hydrogens (tertiary/aromatic N) is 1. The van der Waals surface area contributed by atoms with Crippen molar-refractivity contribution in [1.82, 2.24) is 4.90 Å². The number of carbonyl (C=O) groups is 1. The van der Waals surface area contributed by atoms with Gasteiger partial charge in [0.15, 0.2) is 0 Å². The van der Waals surface area contributed by atoms with Gasteiger partial charge in [-0.1, -0.05) is 12.1 Å². The third-order valence-electron chi connectivity index (χ3n) is 2.94. The molecule has 1 aromatic rings. The molecule has 4 heteroatoms. The van der Waals surface area contributed by atoms with Crippen molar-refractivity contribution in [3.63, 3.8) is 0 Å². The molecular weight excluding hydrogens is 216 g/mol. The molecule has 1 saturated heterocycles. The number of nitrogens with two attached hydrogens (primary N) is 1. The average molecular weight is 234 g/mol. The summed E-state index contributed by atoms with van der Waals surface area (Å²) in [5, 5.41) is 0. The van der Waals surface area contributed by atoms with Crippen molar-refractivity contribution in [2.45, 2.75) is 19.4 Å². The molecular formula is C13H18N2O2. The van der Waals surface area contributed by atoms with E-state index in [9.17, 15) is 4.79 Å². The minimum atomic E-state index is 0.240. The normalized spacial score (nSPS) is 15.4. The summed E-state index contributed by atoms with van der Waals surface area (Å²) in [5.74, 6) is 1.06. The lowest BCUT2D eigenvalue weighted by Crippen LogP contribution is -2.29. The van der Waals surface area contributed by atoms with Crippen LogP contribution in [-0.4, -0.2) is 30.5 Å². The first kappa shape index (κ1) is 11.9. The van der Waals surface area contributed by atoms with Gasteiger partial charge in [-0.25, -0.2) is 0 Å². The van der Waals surface area contributed by atoms with E-state index in [1.54, 1.807) is 0 Å². The second-order valence-corrected chi connectivity index (χ2v) is 4.18. The third-order valence-corrected chi connectivity index (χ3v) is 2.94. The van der Waals surface area contributed by atoms with Crippen LogP contribution in [0.4, 0.5) is 0 Å². The molecule has 2 rings (SSSR count). The van der Waals surface area contributed by atoms with Gasteiger partial charge in [0.1, 0.15) is 12.4 Å². The molecule has 17 heavy (non-hydrogen) atoms. The Bertz CT molecular complexity index is 393. The number of hydrogen-bond acceptors (Lipinski definition) is 3. The Labute approximate surface area is 101 Å². The fraction of sp³-hybridized carbons (Fsp3) is 0.462. The van der Waals surface area contributed by atoms with Crippen LogP contribution >= 0.6 is 0 Å². The number of carbonyl (C=O) groups excluding carboxylic acids is 1. The van der Waals surface area contributed by atoms with Crippen molar-refractivity contribution in [3.05, 3.63) is 29.8 Å². The van der Waals surface area contributed by atoms with E-state index in [4.69, 9.17) is 10.5 Å². The average Bonchev–Trinajstić information content (AvgIpc) is 2.76. The highest BCUT2D eigenvalue weighted by molar-refractivity contribution is 5.78. The van der Waals surface area contributed by atoms with Gasteiger partial charge in [-0.3, -0.25) is 4.79 Å². The highest BCUT2D eigenvalue weighted by Gasteiger charge is 2.19. The summed E-state index contributed by atoms with van der Waals surface area (Å²) in [6.07, 6.45) is 1.66. The van der Waals surface area contributed by atoms with E-state index in [-0.39, 0.29) is 5.91 Å². The van der Waals surface area contributed by atoms with Gasteiger partial charge < -0.3 is 15.4 Å². The van der Waals surface area contributed by atoms with Crippen molar-refractivity contribution in [1.29, 1.82) is 0 Å². The molecule has 0 aromatic heterocycles. The monoisotopic (exact) mass is 234 g/mol. The molecule has 0 spiro atoms. The predicted molar refractivity (Wildman–Crippen MR) is 65.6 cm³/mol. The fourth-order valence-electron chi connectivity index (χ4n) is 1.98. The summed E-state index contributed by atoms with van der Waals surface area (Å²) in [4.78, 5) is 13.2. The van der Waals surface area contributed by atoms with Crippen LogP contribution in [0.5, 0.6) is 5.75 Å². The molecule has 1 aliphatic heterocycles. The number of ether oxygens (including phenoxy) is 1. The number of amides is 1. The SMILES string of the molecule is NCc1cccc(OCCN2CCCC2=O)c1. The van der Waals surface area contributed by atoms with Crippen LogP contribution < -0.4 is 10.5 Å². The molecule has 1 fully saturated rings.